The van der Waals surface area contributed by atoms with E-state index in [1.807, 2.05) is 0 Å². The van der Waals surface area contributed by atoms with Crippen LogP contribution in [-0.4, -0.2) is 48.2 Å². The molecular weight excluding hydrogens is 573 g/mol. The number of alkyl halides is 3. The van der Waals surface area contributed by atoms with Gasteiger partial charge >= 0.3 is 12.3 Å². The lowest BCUT2D eigenvalue weighted by molar-refractivity contribution is -0.274. The minimum atomic E-state index is -4.89. The highest BCUT2D eigenvalue weighted by atomic mass is 35.5. The zero-order valence-corrected chi connectivity index (χ0v) is 24.6. The van der Waals surface area contributed by atoms with Gasteiger partial charge in [0.15, 0.2) is 0 Å². The van der Waals surface area contributed by atoms with E-state index in [4.69, 9.17) is 16.3 Å². The van der Waals surface area contributed by atoms with Crippen LogP contribution < -0.4 is 10.1 Å². The molecule has 2 amide bonds. The monoisotopic (exact) mass is 606 g/mol. The average Bonchev–Trinajstić information content (AvgIpc) is 3.42. The van der Waals surface area contributed by atoms with Crippen LogP contribution in [0.2, 0.25) is 5.02 Å². The van der Waals surface area contributed by atoms with Crippen molar-refractivity contribution in [3.8, 4) is 5.75 Å². The molecule has 2 aliphatic heterocycles. The van der Waals surface area contributed by atoms with Gasteiger partial charge in [-0.15, -0.1) is 13.2 Å². The lowest BCUT2D eigenvalue weighted by atomic mass is 9.71. The number of hydrogen-bond acceptors (Lipinski definition) is 6. The van der Waals surface area contributed by atoms with Crippen LogP contribution in [0.15, 0.2) is 48.5 Å². The number of hydrogen-bond donors (Lipinski definition) is 1. The lowest BCUT2D eigenvalue weighted by Gasteiger charge is -2.41. The predicted molar refractivity (Wildman–Crippen MR) is 148 cm³/mol. The Balaban J connectivity index is 1.61. The molecule has 0 bridgehead atoms. The minimum Gasteiger partial charge on any atom is -0.468 e. The number of fused-ring (bicyclic) bond motifs is 1. The van der Waals surface area contributed by atoms with Gasteiger partial charge in [0, 0.05) is 11.1 Å². The van der Waals surface area contributed by atoms with Crippen LogP contribution >= 0.6 is 11.6 Å². The Morgan fingerprint density at radius 1 is 0.929 bits per heavy atom. The summed E-state index contributed by atoms with van der Waals surface area (Å²) in [7, 11) is 1.21. The zero-order chi connectivity index (χ0) is 30.6. The first-order chi connectivity index (χ1) is 19.7. The van der Waals surface area contributed by atoms with Gasteiger partial charge in [-0.2, -0.15) is 0 Å². The summed E-state index contributed by atoms with van der Waals surface area (Å²) in [5.41, 5.74) is -0.432. The molecule has 2 aromatic carbocycles. The molecule has 0 unspecified atom stereocenters. The van der Waals surface area contributed by atoms with Gasteiger partial charge in [0.25, 0.3) is 0 Å². The summed E-state index contributed by atoms with van der Waals surface area (Å²) < 4.78 is 47.8. The van der Waals surface area contributed by atoms with E-state index in [-0.39, 0.29) is 11.5 Å². The molecular formula is C31H34ClF3N2O5. The summed E-state index contributed by atoms with van der Waals surface area (Å²) in [5, 5.41) is 3.66. The number of imide groups is 1. The van der Waals surface area contributed by atoms with Crippen molar-refractivity contribution in [2.75, 3.05) is 7.11 Å². The number of likely N-dealkylation sites (tertiary alicyclic amines) is 1. The molecule has 0 spiro atoms. The Morgan fingerprint density at radius 2 is 1.48 bits per heavy atom. The van der Waals surface area contributed by atoms with E-state index in [0.717, 1.165) is 25.0 Å². The largest absolute Gasteiger partial charge is 0.573 e. The number of methoxy groups -OCH3 is 1. The van der Waals surface area contributed by atoms with E-state index in [1.165, 1.54) is 24.1 Å². The maximum Gasteiger partial charge on any atom is 0.573 e. The second kappa shape index (κ2) is 10.9. The first-order valence-electron chi connectivity index (χ1n) is 14.0. The third-order valence-corrected chi connectivity index (χ3v) is 9.43. The lowest BCUT2D eigenvalue weighted by Crippen LogP contribution is -2.53. The summed E-state index contributed by atoms with van der Waals surface area (Å²) in [4.78, 5) is 43.0. The summed E-state index contributed by atoms with van der Waals surface area (Å²) >= 11 is 6.18. The molecule has 3 aliphatic rings. The summed E-state index contributed by atoms with van der Waals surface area (Å²) in [6.45, 7) is 6.56. The molecule has 11 heteroatoms. The average molecular weight is 607 g/mol. The Hall–Kier alpha value is -3.11. The second-order valence-electron chi connectivity index (χ2n) is 12.5. The number of esters is 1. The normalized spacial score (nSPS) is 29.9. The number of carbonyl (C=O) groups excluding carboxylic acids is 3. The highest BCUT2D eigenvalue weighted by Crippen LogP contribution is 2.53. The van der Waals surface area contributed by atoms with E-state index in [2.05, 4.69) is 30.8 Å². The van der Waals surface area contributed by atoms with E-state index in [9.17, 15) is 27.6 Å². The van der Waals surface area contributed by atoms with E-state index in [0.29, 0.717) is 34.9 Å². The van der Waals surface area contributed by atoms with Gasteiger partial charge in [0.05, 0.1) is 24.5 Å². The van der Waals surface area contributed by atoms with Gasteiger partial charge in [-0.05, 0) is 72.4 Å². The summed E-state index contributed by atoms with van der Waals surface area (Å²) in [5.74, 6) is -3.71. The smallest absolute Gasteiger partial charge is 0.468 e. The van der Waals surface area contributed by atoms with Crippen LogP contribution in [0.5, 0.6) is 5.75 Å². The third kappa shape index (κ3) is 5.28. The van der Waals surface area contributed by atoms with Crippen LogP contribution in [0.1, 0.15) is 57.6 Å². The Bertz CT molecular complexity index is 1350. The van der Waals surface area contributed by atoms with Crippen LogP contribution in [0.3, 0.4) is 0 Å². The number of ether oxygens (including phenoxy) is 2. The van der Waals surface area contributed by atoms with E-state index < -0.39 is 53.3 Å². The Kier molecular flexibility index (Phi) is 7.85. The van der Waals surface area contributed by atoms with E-state index >= 15 is 0 Å². The van der Waals surface area contributed by atoms with Gasteiger partial charge in [-0.3, -0.25) is 24.6 Å². The molecule has 3 fully saturated rings. The highest BCUT2D eigenvalue weighted by Gasteiger charge is 2.68. The molecule has 42 heavy (non-hydrogen) atoms. The van der Waals surface area contributed by atoms with Crippen molar-refractivity contribution in [1.82, 2.24) is 10.2 Å². The van der Waals surface area contributed by atoms with Crippen LogP contribution in [-0.2, 0) is 24.7 Å². The second-order valence-corrected chi connectivity index (χ2v) is 12.9. The molecule has 1 saturated carbocycles. The van der Waals surface area contributed by atoms with Gasteiger partial charge in [0.1, 0.15) is 11.8 Å². The number of benzene rings is 2. The molecule has 1 aliphatic carbocycles. The molecule has 7 nitrogen and oxygen atoms in total. The first-order valence-corrected chi connectivity index (χ1v) is 14.4. The number of rotatable bonds is 5. The molecule has 0 radical (unpaired) electrons. The van der Waals surface area contributed by atoms with Crippen LogP contribution in [0.25, 0.3) is 0 Å². The fourth-order valence-corrected chi connectivity index (χ4v) is 7.27. The third-order valence-electron chi connectivity index (χ3n) is 9.18. The molecule has 226 valence electrons. The Morgan fingerprint density at radius 3 is 1.98 bits per heavy atom. The molecule has 2 aromatic rings. The number of amides is 2. The van der Waals surface area contributed by atoms with Crippen molar-refractivity contribution in [1.29, 1.82) is 0 Å². The number of nitrogens with zero attached hydrogens (tertiary/aromatic N) is 1. The van der Waals surface area contributed by atoms with Crippen molar-refractivity contribution >= 4 is 29.4 Å². The highest BCUT2D eigenvalue weighted by molar-refractivity contribution is 6.30. The van der Waals surface area contributed by atoms with Crippen molar-refractivity contribution in [2.45, 2.75) is 70.4 Å². The van der Waals surface area contributed by atoms with Crippen molar-refractivity contribution in [3.63, 3.8) is 0 Å². The summed E-state index contributed by atoms with van der Waals surface area (Å²) in [6.07, 6.45) is -1.84. The SMILES string of the molecule is COC(=O)[C@@H]1N[C@](c2ccc(Cl)cc2)(c2ccc(OC(F)(F)F)cc2)[C@@H]2C(=O)N(C3CCC(C(C)(C)C)CC3)C(=O)[C@@H]21. The van der Waals surface area contributed by atoms with Crippen molar-refractivity contribution in [3.05, 3.63) is 64.7 Å². The first kappa shape index (κ1) is 30.4. The summed E-state index contributed by atoms with van der Waals surface area (Å²) in [6, 6.07) is 10.2. The quantitative estimate of drug-likeness (QED) is 0.340. The molecule has 0 aromatic heterocycles. The standard InChI is InChI=1S/C31H34ClF3N2O5/c1-29(2,3)17-7-13-21(14-8-17)37-26(38)23-24(27(37)39)30(36-25(23)28(40)41-4,18-5-11-20(32)12-6-18)19-9-15-22(16-10-19)42-31(33,34)35/h5-6,9-12,15-17,21,23-25,36H,7-8,13-14H2,1-4H3/t17?,21?,23-,24-,25+,30+/m0/s1. The fourth-order valence-electron chi connectivity index (χ4n) is 7.15. The fraction of sp³-hybridized carbons (Fsp3) is 0.516. The molecule has 1 N–H and O–H groups in total. The molecule has 2 saturated heterocycles. The van der Waals surface area contributed by atoms with Gasteiger partial charge < -0.3 is 9.47 Å². The topological polar surface area (TPSA) is 84.9 Å². The molecule has 4 atom stereocenters. The predicted octanol–water partition coefficient (Wildman–Crippen LogP) is 5.83. The molecule has 2 heterocycles. The van der Waals surface area contributed by atoms with Crippen LogP contribution in [0.4, 0.5) is 13.2 Å². The van der Waals surface area contributed by atoms with Crippen LogP contribution in [0, 0.1) is 23.2 Å². The maximum atomic E-state index is 14.4. The zero-order valence-electron chi connectivity index (χ0n) is 23.8. The van der Waals surface area contributed by atoms with Gasteiger partial charge in [-0.1, -0.05) is 56.6 Å². The maximum absolute atomic E-state index is 14.4. The van der Waals surface area contributed by atoms with E-state index in [1.54, 1.807) is 24.3 Å². The van der Waals surface area contributed by atoms with Crippen molar-refractivity contribution in [2.24, 2.45) is 23.2 Å². The minimum absolute atomic E-state index is 0.103. The van der Waals surface area contributed by atoms with Gasteiger partial charge in [-0.25, -0.2) is 0 Å². The van der Waals surface area contributed by atoms with Gasteiger partial charge in [0.2, 0.25) is 11.8 Å². The number of halogens is 4. The Labute approximate surface area is 247 Å². The molecule has 5 rings (SSSR count). The number of nitrogens with one attached hydrogen (secondary N) is 1. The number of carbonyl (C=O) groups is 3. The van der Waals surface area contributed by atoms with Crippen molar-refractivity contribution < 1.29 is 37.0 Å².